The van der Waals surface area contributed by atoms with Crippen molar-refractivity contribution in [1.82, 2.24) is 0 Å². The summed E-state index contributed by atoms with van der Waals surface area (Å²) in [5.41, 5.74) is 0. The zero-order chi connectivity index (χ0) is 10.9. The largest absolute Gasteiger partial charge is 0.379 e. The van der Waals surface area contributed by atoms with Gasteiger partial charge in [-0.1, -0.05) is 32.6 Å². The van der Waals surface area contributed by atoms with Crippen LogP contribution in [0.15, 0.2) is 0 Å². The van der Waals surface area contributed by atoms with Crippen molar-refractivity contribution in [2.75, 3.05) is 13.2 Å². The second kappa shape index (κ2) is 8.12. The van der Waals surface area contributed by atoms with Crippen LogP contribution in [0.1, 0.15) is 51.9 Å². The average Bonchev–Trinajstić information content (AvgIpc) is 3.03. The third-order valence-electron chi connectivity index (χ3n) is 2.84. The van der Waals surface area contributed by atoms with Crippen LogP contribution in [0.25, 0.3) is 0 Å². The van der Waals surface area contributed by atoms with E-state index in [0.29, 0.717) is 12.2 Å². The quantitative estimate of drug-likeness (QED) is 0.410. The lowest BCUT2D eigenvalue weighted by molar-refractivity contribution is 0.0551. The molecular weight excluding hydrogens is 188 g/mol. The number of epoxide rings is 1. The van der Waals surface area contributed by atoms with Gasteiger partial charge >= 0.3 is 0 Å². The number of rotatable bonds is 10. The zero-order valence-corrected chi connectivity index (χ0v) is 10.0. The summed E-state index contributed by atoms with van der Waals surface area (Å²) in [6.07, 6.45) is 9.40. The van der Waals surface area contributed by atoms with Crippen LogP contribution in [-0.4, -0.2) is 25.4 Å². The molecule has 2 heteroatoms. The molecule has 0 aromatic heterocycles. The molecule has 2 nitrogen and oxygen atoms in total. The van der Waals surface area contributed by atoms with E-state index in [0.717, 1.165) is 26.1 Å². The van der Waals surface area contributed by atoms with Crippen LogP contribution in [0, 0.1) is 6.92 Å². The fourth-order valence-corrected chi connectivity index (χ4v) is 1.70. The van der Waals surface area contributed by atoms with Gasteiger partial charge in [0.2, 0.25) is 0 Å². The maximum Gasteiger partial charge on any atom is 0.0810 e. The van der Waals surface area contributed by atoms with Gasteiger partial charge in [-0.2, -0.15) is 0 Å². The summed E-state index contributed by atoms with van der Waals surface area (Å²) in [7, 11) is 0. The third kappa shape index (κ3) is 7.80. The first kappa shape index (κ1) is 13.0. The molecule has 0 amide bonds. The minimum atomic E-state index is 0.426. The van der Waals surface area contributed by atoms with Gasteiger partial charge in [-0.05, 0) is 26.2 Å². The Morgan fingerprint density at radius 2 is 2.13 bits per heavy atom. The Morgan fingerprint density at radius 1 is 1.33 bits per heavy atom. The second-order valence-corrected chi connectivity index (χ2v) is 4.48. The minimum Gasteiger partial charge on any atom is -0.379 e. The molecule has 15 heavy (non-hydrogen) atoms. The molecule has 0 aromatic rings. The molecule has 0 aliphatic carbocycles. The van der Waals surface area contributed by atoms with Crippen molar-refractivity contribution >= 4 is 0 Å². The Balaban J connectivity index is 1.77. The van der Waals surface area contributed by atoms with E-state index in [2.05, 4.69) is 13.8 Å². The Bertz CT molecular complexity index is 143. The Labute approximate surface area is 94.3 Å². The molecule has 1 aliphatic heterocycles. The van der Waals surface area contributed by atoms with Crippen molar-refractivity contribution in [2.45, 2.75) is 64.1 Å². The first-order chi connectivity index (χ1) is 7.33. The molecule has 1 rings (SSSR count). The fraction of sp³-hybridized carbons (Fsp3) is 0.923. The Morgan fingerprint density at radius 3 is 2.80 bits per heavy atom. The van der Waals surface area contributed by atoms with Gasteiger partial charge in [0.25, 0.3) is 0 Å². The molecule has 1 aliphatic rings. The number of hydrogen-bond acceptors (Lipinski definition) is 2. The molecule has 0 spiro atoms. The second-order valence-electron chi connectivity index (χ2n) is 4.48. The van der Waals surface area contributed by atoms with Gasteiger partial charge in [-0.15, -0.1) is 0 Å². The molecule has 0 N–H and O–H groups in total. The zero-order valence-electron chi connectivity index (χ0n) is 10.0. The predicted octanol–water partition coefficient (Wildman–Crippen LogP) is 3.36. The molecule has 1 radical (unpaired) electrons. The van der Waals surface area contributed by atoms with E-state index in [9.17, 15) is 0 Å². The van der Waals surface area contributed by atoms with Gasteiger partial charge in [0.1, 0.15) is 0 Å². The molecule has 2 unspecified atom stereocenters. The van der Waals surface area contributed by atoms with E-state index >= 15 is 0 Å². The summed E-state index contributed by atoms with van der Waals surface area (Å²) >= 11 is 0. The van der Waals surface area contributed by atoms with Gasteiger partial charge in [0.15, 0.2) is 0 Å². The van der Waals surface area contributed by atoms with Crippen LogP contribution < -0.4 is 0 Å². The van der Waals surface area contributed by atoms with Crippen LogP contribution in [-0.2, 0) is 9.47 Å². The van der Waals surface area contributed by atoms with E-state index in [4.69, 9.17) is 9.47 Å². The lowest BCUT2D eigenvalue weighted by Crippen LogP contribution is -2.09. The summed E-state index contributed by atoms with van der Waals surface area (Å²) in [5, 5.41) is 0. The van der Waals surface area contributed by atoms with Crippen molar-refractivity contribution in [1.29, 1.82) is 0 Å². The van der Waals surface area contributed by atoms with E-state index < -0.39 is 0 Å². The number of hydrogen-bond donors (Lipinski definition) is 0. The van der Waals surface area contributed by atoms with Crippen LogP contribution >= 0.6 is 0 Å². The van der Waals surface area contributed by atoms with Gasteiger partial charge in [0, 0.05) is 6.61 Å². The maximum absolute atomic E-state index is 5.73. The fourth-order valence-electron chi connectivity index (χ4n) is 1.70. The van der Waals surface area contributed by atoms with Crippen molar-refractivity contribution in [3.05, 3.63) is 6.92 Å². The highest BCUT2D eigenvalue weighted by Crippen LogP contribution is 2.15. The van der Waals surface area contributed by atoms with Crippen LogP contribution in [0.4, 0.5) is 0 Å². The van der Waals surface area contributed by atoms with Crippen molar-refractivity contribution in [2.24, 2.45) is 0 Å². The summed E-state index contributed by atoms with van der Waals surface area (Å²) in [4.78, 5) is 0. The predicted molar refractivity (Wildman–Crippen MR) is 62.8 cm³/mol. The van der Waals surface area contributed by atoms with E-state index in [1.54, 1.807) is 0 Å². The van der Waals surface area contributed by atoms with Gasteiger partial charge in [0.05, 0.1) is 18.8 Å². The van der Waals surface area contributed by atoms with Crippen LogP contribution in [0.2, 0.25) is 0 Å². The molecular formula is C13H25O2. The maximum atomic E-state index is 5.73. The first-order valence-corrected chi connectivity index (χ1v) is 6.35. The van der Waals surface area contributed by atoms with E-state index in [1.807, 2.05) is 0 Å². The van der Waals surface area contributed by atoms with Crippen molar-refractivity contribution in [3.63, 3.8) is 0 Å². The van der Waals surface area contributed by atoms with E-state index in [1.165, 1.54) is 32.1 Å². The highest BCUT2D eigenvalue weighted by molar-refractivity contribution is 4.68. The summed E-state index contributed by atoms with van der Waals surface area (Å²) in [6.45, 7) is 7.89. The topological polar surface area (TPSA) is 21.8 Å². The number of unbranched alkanes of at least 4 members (excludes halogenated alkanes) is 3. The Kier molecular flexibility index (Phi) is 7.03. The molecule has 1 heterocycles. The smallest absolute Gasteiger partial charge is 0.0810 e. The molecule has 89 valence electrons. The van der Waals surface area contributed by atoms with Crippen LogP contribution in [0.5, 0.6) is 0 Å². The van der Waals surface area contributed by atoms with Gasteiger partial charge in [-0.3, -0.25) is 0 Å². The molecule has 0 saturated carbocycles. The highest BCUT2D eigenvalue weighted by Gasteiger charge is 2.21. The average molecular weight is 213 g/mol. The summed E-state index contributed by atoms with van der Waals surface area (Å²) < 4.78 is 10.9. The molecule has 1 fully saturated rings. The number of ether oxygens (including phenoxy) is 2. The lowest BCUT2D eigenvalue weighted by atomic mass is 10.1. The Hall–Kier alpha value is -0.0800. The lowest BCUT2D eigenvalue weighted by Gasteiger charge is -2.12. The summed E-state index contributed by atoms with van der Waals surface area (Å²) in [5.74, 6) is 0. The van der Waals surface area contributed by atoms with Crippen molar-refractivity contribution in [3.8, 4) is 0 Å². The highest BCUT2D eigenvalue weighted by atomic mass is 16.6. The molecule has 1 saturated heterocycles. The molecule has 0 bridgehead atoms. The van der Waals surface area contributed by atoms with Crippen molar-refractivity contribution < 1.29 is 9.47 Å². The third-order valence-corrected chi connectivity index (χ3v) is 2.84. The molecule has 2 atom stereocenters. The standard InChI is InChI=1S/C13H25O2/c1-3-4-5-6-8-12(2)14-10-7-9-13-11-15-13/h12-13H,1,3-11H2,2H3. The van der Waals surface area contributed by atoms with Gasteiger partial charge in [-0.25, -0.2) is 0 Å². The monoisotopic (exact) mass is 213 g/mol. The normalized spacial score (nSPS) is 21.6. The van der Waals surface area contributed by atoms with Crippen LogP contribution in [0.3, 0.4) is 0 Å². The summed E-state index contributed by atoms with van der Waals surface area (Å²) in [6, 6.07) is 0. The van der Waals surface area contributed by atoms with Gasteiger partial charge < -0.3 is 9.47 Å². The van der Waals surface area contributed by atoms with E-state index in [-0.39, 0.29) is 0 Å². The molecule has 0 aromatic carbocycles. The minimum absolute atomic E-state index is 0.426. The SMILES string of the molecule is [CH2]CCCCCC(C)OCCCC1CO1. The first-order valence-electron chi connectivity index (χ1n) is 6.35.